The van der Waals surface area contributed by atoms with Crippen molar-refractivity contribution in [2.75, 3.05) is 6.54 Å². The van der Waals surface area contributed by atoms with Crippen molar-refractivity contribution in [3.8, 4) is 5.75 Å². The van der Waals surface area contributed by atoms with Crippen molar-refractivity contribution in [1.82, 2.24) is 15.5 Å². The molecule has 2 rings (SSSR count). The van der Waals surface area contributed by atoms with Gasteiger partial charge in [0.1, 0.15) is 17.8 Å². The molecule has 0 aromatic heterocycles. The zero-order valence-electron chi connectivity index (χ0n) is 19.6. The van der Waals surface area contributed by atoms with Gasteiger partial charge >= 0.3 is 5.97 Å². The van der Waals surface area contributed by atoms with E-state index in [0.29, 0.717) is 18.4 Å². The number of rotatable bonds is 10. The molecule has 5 unspecified atom stereocenters. The first-order valence-corrected chi connectivity index (χ1v) is 11.3. The summed E-state index contributed by atoms with van der Waals surface area (Å²) in [5.41, 5.74) is 6.62. The van der Waals surface area contributed by atoms with Gasteiger partial charge in [0, 0.05) is 13.0 Å². The SMILES string of the molecule is CC(C)C(N)C(=O)NC(Cc1ccc(O)cc1)C(=O)N1CCCC1C(=O)NC(C(=O)O)C(C)O. The van der Waals surface area contributed by atoms with E-state index in [4.69, 9.17) is 5.73 Å². The molecule has 3 amide bonds. The fraction of sp³-hybridized carbons (Fsp3) is 0.565. The van der Waals surface area contributed by atoms with E-state index in [1.54, 1.807) is 26.0 Å². The highest BCUT2D eigenvalue weighted by Crippen LogP contribution is 2.21. The van der Waals surface area contributed by atoms with E-state index in [1.807, 2.05) is 0 Å². The quantitative estimate of drug-likeness (QED) is 0.256. The number of phenols is 1. The van der Waals surface area contributed by atoms with Crippen LogP contribution in [0.4, 0.5) is 0 Å². The number of nitrogens with zero attached hydrogens (tertiary/aromatic N) is 1. The number of carboxylic acids is 1. The third kappa shape index (κ3) is 6.91. The number of aliphatic hydroxyl groups excluding tert-OH is 1. The van der Waals surface area contributed by atoms with Crippen LogP contribution in [-0.4, -0.2) is 80.7 Å². The monoisotopic (exact) mass is 478 g/mol. The van der Waals surface area contributed by atoms with Crippen LogP contribution in [0.25, 0.3) is 0 Å². The average Bonchev–Trinajstić information content (AvgIpc) is 3.26. The molecule has 0 radical (unpaired) electrons. The molecule has 5 atom stereocenters. The number of aliphatic hydroxyl groups is 1. The van der Waals surface area contributed by atoms with Crippen LogP contribution in [0.1, 0.15) is 39.2 Å². The Morgan fingerprint density at radius 3 is 2.26 bits per heavy atom. The summed E-state index contributed by atoms with van der Waals surface area (Å²) in [6.45, 7) is 5.06. The van der Waals surface area contributed by atoms with E-state index in [1.165, 1.54) is 24.0 Å². The number of aliphatic carboxylic acids is 1. The number of hydrogen-bond donors (Lipinski definition) is 6. The molecule has 1 aliphatic rings. The molecule has 1 aromatic rings. The smallest absolute Gasteiger partial charge is 0.328 e. The number of carbonyl (C=O) groups excluding carboxylic acids is 3. The number of hydrogen-bond acceptors (Lipinski definition) is 7. The van der Waals surface area contributed by atoms with Crippen LogP contribution in [0.15, 0.2) is 24.3 Å². The van der Waals surface area contributed by atoms with Gasteiger partial charge in [-0.25, -0.2) is 4.79 Å². The molecule has 1 heterocycles. The van der Waals surface area contributed by atoms with E-state index >= 15 is 0 Å². The third-order valence-corrected chi connectivity index (χ3v) is 5.90. The van der Waals surface area contributed by atoms with Gasteiger partial charge in [0.15, 0.2) is 6.04 Å². The molecule has 1 aromatic carbocycles. The lowest BCUT2D eigenvalue weighted by molar-refractivity contribution is -0.147. The molecule has 1 saturated heterocycles. The highest BCUT2D eigenvalue weighted by atomic mass is 16.4. The molecule has 1 aliphatic heterocycles. The molecule has 7 N–H and O–H groups in total. The number of carbonyl (C=O) groups is 4. The molecule has 0 saturated carbocycles. The van der Waals surface area contributed by atoms with E-state index in [0.717, 1.165) is 0 Å². The van der Waals surface area contributed by atoms with Crippen molar-refractivity contribution >= 4 is 23.7 Å². The summed E-state index contributed by atoms with van der Waals surface area (Å²) in [6.07, 6.45) is -0.395. The Morgan fingerprint density at radius 2 is 1.74 bits per heavy atom. The van der Waals surface area contributed by atoms with Gasteiger partial charge in [-0.2, -0.15) is 0 Å². The van der Waals surface area contributed by atoms with Gasteiger partial charge in [-0.05, 0) is 43.4 Å². The molecular formula is C23H34N4O7. The summed E-state index contributed by atoms with van der Waals surface area (Å²) >= 11 is 0. The molecule has 11 heteroatoms. The Kier molecular flexibility index (Phi) is 9.39. The minimum atomic E-state index is -1.51. The fourth-order valence-electron chi connectivity index (χ4n) is 3.78. The maximum Gasteiger partial charge on any atom is 0.328 e. The van der Waals surface area contributed by atoms with Gasteiger partial charge in [-0.1, -0.05) is 26.0 Å². The first-order valence-electron chi connectivity index (χ1n) is 11.3. The fourth-order valence-corrected chi connectivity index (χ4v) is 3.78. The van der Waals surface area contributed by atoms with Gasteiger partial charge in [0.05, 0.1) is 12.1 Å². The summed E-state index contributed by atoms with van der Waals surface area (Å²) in [5, 5.41) is 33.4. The van der Waals surface area contributed by atoms with Crippen molar-refractivity contribution in [2.45, 2.75) is 70.3 Å². The third-order valence-electron chi connectivity index (χ3n) is 5.90. The van der Waals surface area contributed by atoms with Crippen LogP contribution >= 0.6 is 0 Å². The van der Waals surface area contributed by atoms with Crippen molar-refractivity contribution in [3.05, 3.63) is 29.8 Å². The van der Waals surface area contributed by atoms with Crippen LogP contribution in [0.5, 0.6) is 5.75 Å². The molecule has 11 nitrogen and oxygen atoms in total. The maximum atomic E-state index is 13.5. The van der Waals surface area contributed by atoms with Crippen LogP contribution in [-0.2, 0) is 25.6 Å². The maximum absolute atomic E-state index is 13.5. The minimum Gasteiger partial charge on any atom is -0.508 e. The number of nitrogens with one attached hydrogen (secondary N) is 2. The zero-order valence-corrected chi connectivity index (χ0v) is 19.6. The number of carboxylic acid groups (broad SMARTS) is 1. The lowest BCUT2D eigenvalue weighted by Crippen LogP contribution is -2.58. The largest absolute Gasteiger partial charge is 0.508 e. The number of nitrogens with two attached hydrogens (primary N) is 1. The van der Waals surface area contributed by atoms with Gasteiger partial charge in [-0.3, -0.25) is 14.4 Å². The normalized spacial score (nSPS) is 19.2. The second-order valence-electron chi connectivity index (χ2n) is 8.96. The molecular weight excluding hydrogens is 444 g/mol. The Hall–Kier alpha value is -3.18. The molecule has 188 valence electrons. The summed E-state index contributed by atoms with van der Waals surface area (Å²) < 4.78 is 0. The summed E-state index contributed by atoms with van der Waals surface area (Å²) in [4.78, 5) is 51.6. The topological polar surface area (TPSA) is 182 Å². The van der Waals surface area contributed by atoms with Crippen molar-refractivity contribution < 1.29 is 34.5 Å². The highest BCUT2D eigenvalue weighted by Gasteiger charge is 2.39. The zero-order chi connectivity index (χ0) is 25.6. The van der Waals surface area contributed by atoms with Crippen molar-refractivity contribution in [1.29, 1.82) is 0 Å². The van der Waals surface area contributed by atoms with Crippen LogP contribution in [0.3, 0.4) is 0 Å². The molecule has 0 aliphatic carbocycles. The van der Waals surface area contributed by atoms with E-state index in [2.05, 4.69) is 10.6 Å². The molecule has 1 fully saturated rings. The predicted molar refractivity (Wildman–Crippen MR) is 123 cm³/mol. The summed E-state index contributed by atoms with van der Waals surface area (Å²) in [5.74, 6) is -3.19. The number of likely N-dealkylation sites (tertiary alicyclic amines) is 1. The second-order valence-corrected chi connectivity index (χ2v) is 8.96. The Labute approximate surface area is 198 Å². The number of benzene rings is 1. The van der Waals surface area contributed by atoms with Gasteiger partial charge < -0.3 is 36.6 Å². The number of aromatic hydroxyl groups is 1. The second kappa shape index (κ2) is 11.8. The van der Waals surface area contributed by atoms with Crippen molar-refractivity contribution in [3.63, 3.8) is 0 Å². The lowest BCUT2D eigenvalue weighted by atomic mass is 10.0. The Bertz CT molecular complexity index is 888. The summed E-state index contributed by atoms with van der Waals surface area (Å²) in [7, 11) is 0. The Morgan fingerprint density at radius 1 is 1.12 bits per heavy atom. The highest BCUT2D eigenvalue weighted by molar-refractivity contribution is 5.94. The number of phenolic OH excluding ortho intramolecular Hbond substituents is 1. The van der Waals surface area contributed by atoms with Gasteiger partial charge in [0.2, 0.25) is 17.7 Å². The average molecular weight is 479 g/mol. The minimum absolute atomic E-state index is 0.0554. The van der Waals surface area contributed by atoms with Crippen LogP contribution in [0.2, 0.25) is 0 Å². The van der Waals surface area contributed by atoms with Crippen LogP contribution in [0, 0.1) is 5.92 Å². The van der Waals surface area contributed by atoms with E-state index < -0.39 is 54.0 Å². The van der Waals surface area contributed by atoms with E-state index in [9.17, 15) is 34.5 Å². The van der Waals surface area contributed by atoms with Crippen LogP contribution < -0.4 is 16.4 Å². The molecule has 34 heavy (non-hydrogen) atoms. The molecule has 0 bridgehead atoms. The first kappa shape index (κ1) is 27.1. The lowest BCUT2D eigenvalue weighted by Gasteiger charge is -2.30. The number of amides is 3. The van der Waals surface area contributed by atoms with Gasteiger partial charge in [-0.15, -0.1) is 0 Å². The Balaban J connectivity index is 2.25. The molecule has 0 spiro atoms. The summed E-state index contributed by atoms with van der Waals surface area (Å²) in [6, 6.07) is 1.86. The standard InChI is InChI=1S/C23H34N4O7/c1-12(2)18(24)21(31)25-16(11-14-6-8-15(29)9-7-14)22(32)27-10-4-5-17(27)20(30)26-19(13(3)28)23(33)34/h6-9,12-13,16-19,28-29H,4-5,10-11,24H2,1-3H3,(H,25,31)(H,26,30)(H,33,34). The van der Waals surface area contributed by atoms with Gasteiger partial charge in [0.25, 0.3) is 0 Å². The van der Waals surface area contributed by atoms with Crippen molar-refractivity contribution in [2.24, 2.45) is 11.7 Å². The first-order chi connectivity index (χ1) is 15.9. The predicted octanol–water partition coefficient (Wildman–Crippen LogP) is -0.656. The van der Waals surface area contributed by atoms with E-state index in [-0.39, 0.29) is 24.6 Å².